The number of sulfonamides is 1. The summed E-state index contributed by atoms with van der Waals surface area (Å²) in [4.78, 5) is 20.3. The van der Waals surface area contributed by atoms with Crippen molar-refractivity contribution in [3.63, 3.8) is 0 Å². The summed E-state index contributed by atoms with van der Waals surface area (Å²) >= 11 is 12.8. The second kappa shape index (κ2) is 11.8. The molecule has 0 aliphatic carbocycles. The minimum absolute atomic E-state index is 0.105. The Bertz CT molecular complexity index is 1230. The van der Waals surface area contributed by atoms with E-state index in [0.717, 1.165) is 43.7 Å². The third-order valence-corrected chi connectivity index (χ3v) is 8.93. The topological polar surface area (TPSA) is 64.2 Å². The van der Waals surface area contributed by atoms with Crippen LogP contribution in [-0.2, 0) is 16.6 Å². The van der Waals surface area contributed by atoms with Crippen molar-refractivity contribution in [1.82, 2.24) is 9.80 Å². The largest absolute Gasteiger partial charge is 0.370 e. The number of halogens is 2. The van der Waals surface area contributed by atoms with Gasteiger partial charge in [0, 0.05) is 62.4 Å². The third kappa shape index (κ3) is 6.72. The number of fused-ring (bicyclic) bond motifs is 1. The summed E-state index contributed by atoms with van der Waals surface area (Å²) in [5.74, 6) is -0.105. The maximum atomic E-state index is 13.9. The van der Waals surface area contributed by atoms with Gasteiger partial charge < -0.3 is 9.80 Å². The predicted octanol–water partition coefficient (Wildman–Crippen LogP) is 5.12. The first-order chi connectivity index (χ1) is 17.5. The number of nitrogens with zero attached hydrogens (tertiary/aromatic N) is 4. The summed E-state index contributed by atoms with van der Waals surface area (Å²) in [7, 11) is -3.55. The molecule has 0 saturated carbocycles. The van der Waals surface area contributed by atoms with Crippen molar-refractivity contribution in [3.05, 3.63) is 57.6 Å². The van der Waals surface area contributed by atoms with Crippen LogP contribution in [0.1, 0.15) is 49.0 Å². The lowest BCUT2D eigenvalue weighted by molar-refractivity contribution is 0.0712. The van der Waals surface area contributed by atoms with Crippen LogP contribution >= 0.6 is 23.2 Å². The summed E-state index contributed by atoms with van der Waals surface area (Å²) in [6, 6.07) is 11.0. The average molecular weight is 568 g/mol. The lowest BCUT2D eigenvalue weighted by Gasteiger charge is -2.30. The summed E-state index contributed by atoms with van der Waals surface area (Å²) in [5.41, 5.74) is 2.74. The first kappa shape index (κ1) is 28.0. The van der Waals surface area contributed by atoms with Crippen LogP contribution in [0.4, 0.5) is 11.4 Å². The first-order valence-corrected chi connectivity index (χ1v) is 15.5. The fourth-order valence-corrected chi connectivity index (χ4v) is 6.54. The minimum atomic E-state index is -3.55. The molecule has 1 saturated heterocycles. The van der Waals surface area contributed by atoms with Crippen molar-refractivity contribution in [2.24, 2.45) is 0 Å². The van der Waals surface area contributed by atoms with Gasteiger partial charge in [0.15, 0.2) is 0 Å². The van der Waals surface area contributed by atoms with E-state index in [1.54, 1.807) is 24.3 Å². The second-order valence-corrected chi connectivity index (χ2v) is 12.9. The highest BCUT2D eigenvalue weighted by Gasteiger charge is 2.27. The van der Waals surface area contributed by atoms with Crippen LogP contribution in [0.15, 0.2) is 36.4 Å². The number of carbonyl (C=O) groups is 1. The van der Waals surface area contributed by atoms with E-state index in [1.807, 2.05) is 17.0 Å². The van der Waals surface area contributed by atoms with E-state index in [-0.39, 0.29) is 18.5 Å². The molecule has 2 aliphatic rings. The van der Waals surface area contributed by atoms with Crippen LogP contribution in [0.2, 0.25) is 10.0 Å². The molecule has 0 atom stereocenters. The molecule has 2 aromatic carbocycles. The molecule has 0 bridgehead atoms. The molecule has 0 unspecified atom stereocenters. The number of hydrogen-bond donors (Lipinski definition) is 0. The normalized spacial score (nSPS) is 18.2. The van der Waals surface area contributed by atoms with E-state index in [2.05, 4.69) is 23.6 Å². The van der Waals surface area contributed by atoms with Gasteiger partial charge in [-0.25, -0.2) is 8.42 Å². The Morgan fingerprint density at radius 1 is 0.865 bits per heavy atom. The Balaban J connectivity index is 1.74. The minimum Gasteiger partial charge on any atom is -0.370 e. The number of hydrogen-bond acceptors (Lipinski definition) is 5. The number of rotatable bonds is 4. The molecular weight excluding hydrogens is 531 g/mol. The molecule has 0 radical (unpaired) electrons. The van der Waals surface area contributed by atoms with Crippen LogP contribution in [0.25, 0.3) is 0 Å². The zero-order valence-electron chi connectivity index (χ0n) is 21.8. The lowest BCUT2D eigenvalue weighted by atomic mass is 10.1. The maximum Gasteiger partial charge on any atom is 0.254 e. The molecule has 10 heteroatoms. The third-order valence-electron chi connectivity index (χ3n) is 7.20. The molecule has 2 heterocycles. The fourth-order valence-electron chi connectivity index (χ4n) is 5.15. The Morgan fingerprint density at radius 2 is 1.59 bits per heavy atom. The van der Waals surface area contributed by atoms with Gasteiger partial charge in [0.1, 0.15) is 0 Å². The van der Waals surface area contributed by atoms with Gasteiger partial charge in [-0.1, -0.05) is 29.3 Å². The molecule has 1 amide bonds. The molecule has 2 aliphatic heterocycles. The fraction of sp³-hybridized carbons (Fsp3) is 0.519. The van der Waals surface area contributed by atoms with Gasteiger partial charge in [-0.15, -0.1) is 0 Å². The molecule has 4 rings (SSSR count). The van der Waals surface area contributed by atoms with Crippen LogP contribution in [0.5, 0.6) is 0 Å². The van der Waals surface area contributed by atoms with Gasteiger partial charge in [-0.2, -0.15) is 0 Å². The highest BCUT2D eigenvalue weighted by molar-refractivity contribution is 7.92. The maximum absolute atomic E-state index is 13.9. The molecular formula is C27H36Cl2N4O3S. The van der Waals surface area contributed by atoms with Crippen molar-refractivity contribution in [1.29, 1.82) is 0 Å². The molecule has 0 N–H and O–H groups in total. The average Bonchev–Trinajstić information content (AvgIpc) is 3.36. The number of anilines is 2. The monoisotopic (exact) mass is 566 g/mol. The number of carbonyl (C=O) groups excluding carboxylic acids is 1. The molecule has 1 fully saturated rings. The van der Waals surface area contributed by atoms with Crippen molar-refractivity contribution in [3.8, 4) is 0 Å². The van der Waals surface area contributed by atoms with E-state index in [4.69, 9.17) is 23.2 Å². The Labute approximate surface area is 231 Å². The predicted molar refractivity (Wildman–Crippen MR) is 153 cm³/mol. The Morgan fingerprint density at radius 3 is 2.27 bits per heavy atom. The molecule has 2 aromatic rings. The second-order valence-electron chi connectivity index (χ2n) is 10.2. The smallest absolute Gasteiger partial charge is 0.254 e. The highest BCUT2D eigenvalue weighted by atomic mass is 35.5. The number of amides is 1. The van der Waals surface area contributed by atoms with Crippen molar-refractivity contribution in [2.45, 2.75) is 45.7 Å². The molecule has 7 nitrogen and oxygen atoms in total. The van der Waals surface area contributed by atoms with E-state index in [9.17, 15) is 13.2 Å². The van der Waals surface area contributed by atoms with Crippen LogP contribution < -0.4 is 9.21 Å². The van der Waals surface area contributed by atoms with Crippen molar-refractivity contribution >= 4 is 50.5 Å². The van der Waals surface area contributed by atoms with Gasteiger partial charge in [0.05, 0.1) is 22.7 Å². The number of benzene rings is 2. The summed E-state index contributed by atoms with van der Waals surface area (Å²) < 4.78 is 27.1. The van der Waals surface area contributed by atoms with Crippen LogP contribution in [0, 0.1) is 0 Å². The van der Waals surface area contributed by atoms with Gasteiger partial charge in [0.25, 0.3) is 5.91 Å². The van der Waals surface area contributed by atoms with E-state index >= 15 is 0 Å². The molecule has 0 aromatic heterocycles. The molecule has 202 valence electrons. The first-order valence-electron chi connectivity index (χ1n) is 12.9. The van der Waals surface area contributed by atoms with Crippen LogP contribution in [-0.4, -0.2) is 75.7 Å². The van der Waals surface area contributed by atoms with Crippen LogP contribution in [0.3, 0.4) is 0 Å². The van der Waals surface area contributed by atoms with E-state index in [1.165, 1.54) is 10.6 Å². The van der Waals surface area contributed by atoms with E-state index in [0.29, 0.717) is 47.4 Å². The summed E-state index contributed by atoms with van der Waals surface area (Å²) in [5, 5.41) is 1.10. The Kier molecular flexibility index (Phi) is 8.94. The van der Waals surface area contributed by atoms with Gasteiger partial charge in [-0.3, -0.25) is 14.0 Å². The van der Waals surface area contributed by atoms with Crippen molar-refractivity contribution < 1.29 is 13.2 Å². The Hall–Kier alpha value is -2.00. The van der Waals surface area contributed by atoms with Crippen molar-refractivity contribution in [2.75, 3.05) is 54.7 Å². The SMILES string of the molecule is CC(C)N1CCCN(S(C)(=O)=O)c2cc(Cl)ccc2CN(C(=O)c2ccc(Cl)c(N3CCCC3)c2)CC1. The zero-order valence-corrected chi connectivity index (χ0v) is 24.1. The summed E-state index contributed by atoms with van der Waals surface area (Å²) in [6.45, 7) is 8.65. The van der Waals surface area contributed by atoms with Gasteiger partial charge in [0.2, 0.25) is 10.0 Å². The van der Waals surface area contributed by atoms with E-state index < -0.39 is 10.0 Å². The van der Waals surface area contributed by atoms with Gasteiger partial charge >= 0.3 is 0 Å². The quantitative estimate of drug-likeness (QED) is 0.514. The lowest BCUT2D eigenvalue weighted by Crippen LogP contribution is -2.41. The zero-order chi connectivity index (χ0) is 26.7. The standard InChI is InChI=1S/C27H36Cl2N4O3S/c1-20(2)30-13-6-14-33(37(3,35)36)25-18-23(28)9-7-22(25)19-32(16-15-30)27(34)21-8-10-24(29)26(17-21)31-11-4-5-12-31/h7-10,17-18,20H,4-6,11-16,19H2,1-3H3. The molecule has 37 heavy (non-hydrogen) atoms. The highest BCUT2D eigenvalue weighted by Crippen LogP contribution is 2.32. The summed E-state index contributed by atoms with van der Waals surface area (Å²) in [6.07, 6.45) is 4.11. The van der Waals surface area contributed by atoms with Gasteiger partial charge in [-0.05, 0) is 69.0 Å². The molecule has 0 spiro atoms.